The molecule has 2 aliphatic heterocycles. The number of benzene rings is 2. The fourth-order valence-corrected chi connectivity index (χ4v) is 4.80. The molecule has 4 rings (SSSR count). The first kappa shape index (κ1) is 22.0. The highest BCUT2D eigenvalue weighted by molar-refractivity contribution is 5.98. The number of phenols is 1. The zero-order valence-electron chi connectivity index (χ0n) is 18.8. The Morgan fingerprint density at radius 3 is 2.78 bits per heavy atom. The van der Waals surface area contributed by atoms with Crippen LogP contribution < -0.4 is 14.8 Å². The highest BCUT2D eigenvalue weighted by atomic mass is 16.5. The molecule has 0 bridgehead atoms. The third-order valence-electron chi connectivity index (χ3n) is 6.50. The van der Waals surface area contributed by atoms with Crippen molar-refractivity contribution in [3.8, 4) is 17.2 Å². The molecule has 1 saturated heterocycles. The molecule has 0 radical (unpaired) electrons. The average molecular weight is 439 g/mol. The molecule has 1 fully saturated rings. The minimum absolute atomic E-state index is 0.0145. The van der Waals surface area contributed by atoms with Crippen LogP contribution >= 0.6 is 0 Å². The quantitative estimate of drug-likeness (QED) is 0.721. The van der Waals surface area contributed by atoms with Gasteiger partial charge in [-0.1, -0.05) is 19.1 Å². The van der Waals surface area contributed by atoms with Crippen LogP contribution in [0.25, 0.3) is 0 Å². The molecule has 2 N–H and O–H groups in total. The molecule has 2 atom stereocenters. The molecule has 2 unspecified atom stereocenters. The average Bonchev–Trinajstić information content (AvgIpc) is 3.17. The van der Waals surface area contributed by atoms with Crippen LogP contribution in [0.15, 0.2) is 30.3 Å². The Morgan fingerprint density at radius 1 is 1.25 bits per heavy atom. The van der Waals surface area contributed by atoms with Gasteiger partial charge in [-0.15, -0.1) is 0 Å². The van der Waals surface area contributed by atoms with Crippen molar-refractivity contribution >= 4 is 11.8 Å². The van der Waals surface area contributed by atoms with E-state index in [4.69, 9.17) is 9.47 Å². The van der Waals surface area contributed by atoms with Crippen molar-refractivity contribution in [2.24, 2.45) is 5.92 Å². The van der Waals surface area contributed by atoms with Crippen molar-refractivity contribution in [2.75, 3.05) is 27.3 Å². The van der Waals surface area contributed by atoms with Gasteiger partial charge in [0.1, 0.15) is 17.2 Å². The van der Waals surface area contributed by atoms with Gasteiger partial charge in [-0.3, -0.25) is 9.59 Å². The van der Waals surface area contributed by atoms with E-state index in [0.29, 0.717) is 35.1 Å². The Morgan fingerprint density at radius 2 is 2.06 bits per heavy atom. The number of carbonyl (C=O) groups is 2. The van der Waals surface area contributed by atoms with Crippen LogP contribution in [0.2, 0.25) is 0 Å². The second kappa shape index (κ2) is 9.10. The van der Waals surface area contributed by atoms with E-state index in [-0.39, 0.29) is 24.0 Å². The Hall–Kier alpha value is -3.22. The number of hydrogen-bond acceptors (Lipinski definition) is 5. The molecule has 7 nitrogen and oxygen atoms in total. The number of nitrogens with zero attached hydrogens (tertiary/aromatic N) is 1. The van der Waals surface area contributed by atoms with Crippen molar-refractivity contribution in [1.82, 2.24) is 10.2 Å². The highest BCUT2D eigenvalue weighted by Gasteiger charge is 2.30. The van der Waals surface area contributed by atoms with Crippen LogP contribution in [-0.2, 0) is 11.3 Å². The molecule has 7 heteroatoms. The molecule has 2 aliphatic rings. The Kier molecular flexibility index (Phi) is 6.26. The maximum atomic E-state index is 13.3. The van der Waals surface area contributed by atoms with Gasteiger partial charge in [-0.25, -0.2) is 0 Å². The van der Waals surface area contributed by atoms with E-state index >= 15 is 0 Å². The first-order valence-corrected chi connectivity index (χ1v) is 11.0. The molecule has 2 heterocycles. The van der Waals surface area contributed by atoms with Crippen molar-refractivity contribution in [1.29, 1.82) is 0 Å². The number of hydrogen-bond donors (Lipinski definition) is 2. The Balaban J connectivity index is 1.76. The summed E-state index contributed by atoms with van der Waals surface area (Å²) in [6.45, 7) is 4.13. The van der Waals surface area contributed by atoms with Crippen molar-refractivity contribution in [2.45, 2.75) is 38.6 Å². The highest BCUT2D eigenvalue weighted by Crippen LogP contribution is 2.43. The zero-order valence-corrected chi connectivity index (χ0v) is 18.8. The van der Waals surface area contributed by atoms with E-state index in [9.17, 15) is 14.7 Å². The normalized spacial score (nSPS) is 18.7. The summed E-state index contributed by atoms with van der Waals surface area (Å²) in [5.74, 6) is 0.956. The van der Waals surface area contributed by atoms with E-state index in [1.807, 2.05) is 17.0 Å². The number of aromatic hydroxyl groups is 1. The van der Waals surface area contributed by atoms with Crippen LogP contribution in [0, 0.1) is 5.92 Å². The molecule has 2 amide bonds. The lowest BCUT2D eigenvalue weighted by molar-refractivity contribution is -0.133. The number of piperidine rings is 1. The van der Waals surface area contributed by atoms with Gasteiger partial charge in [0.25, 0.3) is 5.91 Å². The lowest BCUT2D eigenvalue weighted by Gasteiger charge is -2.32. The summed E-state index contributed by atoms with van der Waals surface area (Å²) >= 11 is 0. The summed E-state index contributed by atoms with van der Waals surface area (Å²) < 4.78 is 10.9. The number of ether oxygens (including phenoxy) is 2. The van der Waals surface area contributed by atoms with Gasteiger partial charge in [0.15, 0.2) is 0 Å². The van der Waals surface area contributed by atoms with Crippen LogP contribution in [0.1, 0.15) is 59.2 Å². The molecule has 32 heavy (non-hydrogen) atoms. The number of rotatable bonds is 6. The summed E-state index contributed by atoms with van der Waals surface area (Å²) in [6, 6.07) is 8.86. The Bertz CT molecular complexity index is 1040. The second-order valence-corrected chi connectivity index (χ2v) is 8.71. The summed E-state index contributed by atoms with van der Waals surface area (Å²) in [7, 11) is 3.06. The van der Waals surface area contributed by atoms with E-state index in [2.05, 4.69) is 12.2 Å². The fourth-order valence-electron chi connectivity index (χ4n) is 4.80. The van der Waals surface area contributed by atoms with Crippen molar-refractivity contribution in [3.63, 3.8) is 0 Å². The number of amides is 2. The predicted molar refractivity (Wildman–Crippen MR) is 120 cm³/mol. The molecular formula is C25H30N2O5. The molecule has 2 aromatic carbocycles. The SMILES string of the molecule is COc1cc(O)c(C(CC(=O)N2CCCC(C)C2)c2ccc3c(c2)CNC3=O)c(OC)c1. The van der Waals surface area contributed by atoms with Crippen LogP contribution in [0.3, 0.4) is 0 Å². The van der Waals surface area contributed by atoms with Gasteiger partial charge in [0, 0.05) is 55.2 Å². The van der Waals surface area contributed by atoms with Gasteiger partial charge in [-0.2, -0.15) is 0 Å². The van der Waals surface area contributed by atoms with Crippen LogP contribution in [-0.4, -0.2) is 49.1 Å². The predicted octanol–water partition coefficient (Wildman–Crippen LogP) is 3.43. The molecule has 170 valence electrons. The van der Waals surface area contributed by atoms with Crippen molar-refractivity contribution < 1.29 is 24.2 Å². The number of fused-ring (bicyclic) bond motifs is 1. The molecule has 0 aliphatic carbocycles. The van der Waals surface area contributed by atoms with E-state index in [1.165, 1.54) is 20.3 Å². The largest absolute Gasteiger partial charge is 0.507 e. The van der Waals surface area contributed by atoms with E-state index < -0.39 is 5.92 Å². The van der Waals surface area contributed by atoms with Crippen LogP contribution in [0.4, 0.5) is 0 Å². The maximum Gasteiger partial charge on any atom is 0.251 e. The Labute approximate surface area is 188 Å². The minimum atomic E-state index is -0.429. The molecule has 0 saturated carbocycles. The van der Waals surface area contributed by atoms with Gasteiger partial charge < -0.3 is 24.8 Å². The van der Waals surface area contributed by atoms with Crippen LogP contribution in [0.5, 0.6) is 17.2 Å². The summed E-state index contributed by atoms with van der Waals surface area (Å²) in [6.07, 6.45) is 2.33. The minimum Gasteiger partial charge on any atom is -0.507 e. The van der Waals surface area contributed by atoms with Gasteiger partial charge >= 0.3 is 0 Å². The lowest BCUT2D eigenvalue weighted by atomic mass is 9.85. The van der Waals surface area contributed by atoms with Gasteiger partial charge in [0.05, 0.1) is 14.2 Å². The summed E-state index contributed by atoms with van der Waals surface area (Å²) in [5, 5.41) is 13.7. The number of methoxy groups -OCH3 is 2. The number of likely N-dealkylation sites (tertiary alicyclic amines) is 1. The molecular weight excluding hydrogens is 408 g/mol. The maximum absolute atomic E-state index is 13.3. The molecule has 0 spiro atoms. The molecule has 2 aromatic rings. The standard InChI is InChI=1S/C25H30N2O5/c1-15-5-4-8-27(14-15)23(29)12-20(16-6-7-19-17(9-16)13-26-25(19)30)24-21(28)10-18(31-2)11-22(24)32-3/h6-7,9-11,15,20,28H,4-5,8,12-14H2,1-3H3,(H,26,30). The van der Waals surface area contributed by atoms with Gasteiger partial charge in [0.2, 0.25) is 5.91 Å². The lowest BCUT2D eigenvalue weighted by Crippen LogP contribution is -2.39. The first-order chi connectivity index (χ1) is 15.4. The van der Waals surface area contributed by atoms with E-state index in [0.717, 1.165) is 37.1 Å². The summed E-state index contributed by atoms with van der Waals surface area (Å²) in [5.41, 5.74) is 2.94. The smallest absolute Gasteiger partial charge is 0.251 e. The topological polar surface area (TPSA) is 88.1 Å². The number of carbonyl (C=O) groups excluding carboxylic acids is 2. The fraction of sp³-hybridized carbons (Fsp3) is 0.440. The van der Waals surface area contributed by atoms with Gasteiger partial charge in [-0.05, 0) is 36.0 Å². The van der Waals surface area contributed by atoms with E-state index in [1.54, 1.807) is 12.1 Å². The number of phenolic OH excluding ortho intramolecular Hbond substituents is 1. The summed E-state index contributed by atoms with van der Waals surface area (Å²) in [4.78, 5) is 27.3. The monoisotopic (exact) mass is 438 g/mol. The zero-order chi connectivity index (χ0) is 22.8. The third-order valence-corrected chi connectivity index (χ3v) is 6.50. The molecule has 0 aromatic heterocycles. The second-order valence-electron chi connectivity index (χ2n) is 8.71. The number of nitrogens with one attached hydrogen (secondary N) is 1. The van der Waals surface area contributed by atoms with Crippen molar-refractivity contribution in [3.05, 3.63) is 52.6 Å². The first-order valence-electron chi connectivity index (χ1n) is 11.0. The third kappa shape index (κ3) is 4.24.